The molecular weight excluding hydrogens is 533 g/mol. The summed E-state index contributed by atoms with van der Waals surface area (Å²) in [6.45, 7) is 2.75. The number of pyridine rings is 1. The van der Waals surface area contributed by atoms with E-state index in [1.165, 1.54) is 28.6 Å². The summed E-state index contributed by atoms with van der Waals surface area (Å²) in [5.41, 5.74) is 10.3. The molecule has 37 heavy (non-hydrogen) atoms. The highest BCUT2D eigenvalue weighted by atomic mass is 35.5. The number of hydrogen-bond donors (Lipinski definition) is 1. The van der Waals surface area contributed by atoms with Gasteiger partial charge in [-0.15, -0.1) is 0 Å². The number of carbonyl (C=O) groups is 1. The number of sulfonamides is 1. The molecule has 2 N–H and O–H groups in total. The van der Waals surface area contributed by atoms with Gasteiger partial charge in [0, 0.05) is 52.5 Å². The van der Waals surface area contributed by atoms with Crippen molar-refractivity contribution in [2.24, 2.45) is 5.73 Å². The SMILES string of the molecule is Cc1nc2c(c(-c3ccc(Cl)cc3Cl)c1CN)C(=O)N([C@H]1CCN(S(=O)(=O)c3ccc(C#N)cc3)C1)C2. The van der Waals surface area contributed by atoms with Crippen molar-refractivity contribution < 1.29 is 13.2 Å². The van der Waals surface area contributed by atoms with Gasteiger partial charge in [0.1, 0.15) is 0 Å². The summed E-state index contributed by atoms with van der Waals surface area (Å²) >= 11 is 12.7. The number of nitrogens with two attached hydrogens (primary N) is 1. The van der Waals surface area contributed by atoms with Crippen molar-refractivity contribution >= 4 is 39.1 Å². The van der Waals surface area contributed by atoms with E-state index in [-0.39, 0.29) is 43.0 Å². The Hall–Kier alpha value is -3.00. The Morgan fingerprint density at radius 1 is 1.16 bits per heavy atom. The maximum absolute atomic E-state index is 13.8. The van der Waals surface area contributed by atoms with E-state index in [0.29, 0.717) is 50.1 Å². The van der Waals surface area contributed by atoms with Gasteiger partial charge in [0.2, 0.25) is 10.0 Å². The molecule has 0 saturated carbocycles. The molecule has 0 radical (unpaired) electrons. The van der Waals surface area contributed by atoms with Crippen LogP contribution in [0.25, 0.3) is 11.1 Å². The molecule has 3 heterocycles. The van der Waals surface area contributed by atoms with E-state index >= 15 is 0 Å². The Bertz CT molecular complexity index is 1570. The van der Waals surface area contributed by atoms with Crippen molar-refractivity contribution in [3.8, 4) is 17.2 Å². The van der Waals surface area contributed by atoms with Gasteiger partial charge in [0.15, 0.2) is 0 Å². The van der Waals surface area contributed by atoms with Crippen LogP contribution >= 0.6 is 23.2 Å². The number of fused-ring (bicyclic) bond motifs is 1. The Kier molecular flexibility index (Phi) is 6.73. The van der Waals surface area contributed by atoms with Crippen LogP contribution in [-0.4, -0.2) is 47.6 Å². The van der Waals surface area contributed by atoms with Crippen molar-refractivity contribution in [3.05, 3.63) is 80.6 Å². The molecule has 2 aliphatic rings. The third kappa shape index (κ3) is 4.39. The van der Waals surface area contributed by atoms with Crippen LogP contribution in [0.3, 0.4) is 0 Å². The molecule has 0 aliphatic carbocycles. The van der Waals surface area contributed by atoms with Gasteiger partial charge in [-0.2, -0.15) is 9.57 Å². The average molecular weight is 556 g/mol. The molecule has 1 saturated heterocycles. The van der Waals surface area contributed by atoms with E-state index in [4.69, 9.17) is 39.2 Å². The Morgan fingerprint density at radius 2 is 1.89 bits per heavy atom. The van der Waals surface area contributed by atoms with E-state index in [0.717, 1.165) is 5.56 Å². The molecule has 3 aromatic rings. The minimum absolute atomic E-state index is 0.118. The lowest BCUT2D eigenvalue weighted by Crippen LogP contribution is -2.39. The molecule has 0 unspecified atom stereocenters. The lowest BCUT2D eigenvalue weighted by Gasteiger charge is -2.24. The number of nitrogens with zero attached hydrogens (tertiary/aromatic N) is 4. The molecule has 11 heteroatoms. The second-order valence-corrected chi connectivity index (χ2v) is 11.9. The van der Waals surface area contributed by atoms with Gasteiger partial charge in [-0.3, -0.25) is 9.78 Å². The smallest absolute Gasteiger partial charge is 0.257 e. The molecular formula is C26H23Cl2N5O3S. The molecule has 8 nitrogen and oxygen atoms in total. The summed E-state index contributed by atoms with van der Waals surface area (Å²) in [6, 6.07) is 12.6. The number of rotatable bonds is 5. The fourth-order valence-electron chi connectivity index (χ4n) is 5.09. The predicted molar refractivity (Wildman–Crippen MR) is 141 cm³/mol. The zero-order valence-corrected chi connectivity index (χ0v) is 22.2. The first kappa shape index (κ1) is 25.6. The zero-order chi connectivity index (χ0) is 26.5. The summed E-state index contributed by atoms with van der Waals surface area (Å²) in [7, 11) is -3.77. The number of halogens is 2. The lowest BCUT2D eigenvalue weighted by molar-refractivity contribution is 0.0712. The normalized spacial score (nSPS) is 17.8. The van der Waals surface area contributed by atoms with E-state index in [1.807, 2.05) is 13.0 Å². The number of carbonyl (C=O) groups excluding carboxylic acids is 1. The van der Waals surface area contributed by atoms with Crippen molar-refractivity contribution in [1.29, 1.82) is 5.26 Å². The van der Waals surface area contributed by atoms with E-state index < -0.39 is 10.0 Å². The molecule has 5 rings (SSSR count). The molecule has 1 fully saturated rings. The second-order valence-electron chi connectivity index (χ2n) is 9.08. The molecule has 0 spiro atoms. The second kappa shape index (κ2) is 9.71. The number of aromatic nitrogens is 1. The number of hydrogen-bond acceptors (Lipinski definition) is 6. The fourth-order valence-corrected chi connectivity index (χ4v) is 7.09. The van der Waals surface area contributed by atoms with E-state index in [9.17, 15) is 13.2 Å². The Balaban J connectivity index is 1.47. The molecule has 1 atom stereocenters. The first-order valence-corrected chi connectivity index (χ1v) is 13.8. The molecule has 2 aliphatic heterocycles. The van der Waals surface area contributed by atoms with Crippen LogP contribution in [-0.2, 0) is 23.1 Å². The van der Waals surface area contributed by atoms with Crippen molar-refractivity contribution in [2.75, 3.05) is 13.1 Å². The van der Waals surface area contributed by atoms with Crippen molar-refractivity contribution in [2.45, 2.75) is 37.4 Å². The van der Waals surface area contributed by atoms with Gasteiger partial charge in [-0.05, 0) is 55.3 Å². The van der Waals surface area contributed by atoms with Gasteiger partial charge < -0.3 is 10.6 Å². The number of benzene rings is 2. The van der Waals surface area contributed by atoms with Gasteiger partial charge in [-0.25, -0.2) is 8.42 Å². The van der Waals surface area contributed by atoms with Crippen LogP contribution in [0.15, 0.2) is 47.4 Å². The minimum Gasteiger partial charge on any atom is -0.328 e. The van der Waals surface area contributed by atoms with Gasteiger partial charge in [0.25, 0.3) is 5.91 Å². The summed E-state index contributed by atoms with van der Waals surface area (Å²) in [5.74, 6) is -0.221. The van der Waals surface area contributed by atoms with Crippen LogP contribution < -0.4 is 5.73 Å². The van der Waals surface area contributed by atoms with Crippen LogP contribution in [0.4, 0.5) is 0 Å². The number of aryl methyl sites for hydroxylation is 1. The summed E-state index contributed by atoms with van der Waals surface area (Å²) in [6.07, 6.45) is 0.495. The van der Waals surface area contributed by atoms with Gasteiger partial charge in [0.05, 0.1) is 34.3 Å². The molecule has 190 valence electrons. The maximum atomic E-state index is 13.8. The fraction of sp³-hybridized carbons (Fsp3) is 0.269. The third-order valence-electron chi connectivity index (χ3n) is 6.97. The first-order chi connectivity index (χ1) is 17.6. The highest BCUT2D eigenvalue weighted by Crippen LogP contribution is 2.41. The molecule has 2 aromatic carbocycles. The standard InChI is InChI=1S/C26H23Cl2N5O3S/c1-15-21(12-30)24(20-7-4-17(27)10-22(20)28)25-23(31-15)14-33(26(25)34)18-8-9-32(13-18)37(35,36)19-5-2-16(11-29)3-6-19/h2-7,10,18H,8-9,12-14,30H2,1H3/t18-/m0/s1. The quantitative estimate of drug-likeness (QED) is 0.505. The van der Waals surface area contributed by atoms with Crippen LogP contribution in [0, 0.1) is 18.3 Å². The van der Waals surface area contributed by atoms with Gasteiger partial charge >= 0.3 is 0 Å². The molecule has 1 amide bonds. The topological polar surface area (TPSA) is 120 Å². The van der Waals surface area contributed by atoms with E-state index in [2.05, 4.69) is 0 Å². The van der Waals surface area contributed by atoms with Crippen LogP contribution in [0.2, 0.25) is 10.0 Å². The Morgan fingerprint density at radius 3 is 2.54 bits per heavy atom. The summed E-state index contributed by atoms with van der Waals surface area (Å²) in [5, 5.41) is 9.88. The lowest BCUT2D eigenvalue weighted by atomic mass is 9.93. The predicted octanol–water partition coefficient (Wildman–Crippen LogP) is 4.11. The molecule has 1 aromatic heterocycles. The largest absolute Gasteiger partial charge is 0.328 e. The van der Waals surface area contributed by atoms with Crippen LogP contribution in [0.5, 0.6) is 0 Å². The number of nitriles is 1. The van der Waals surface area contributed by atoms with Crippen LogP contribution in [0.1, 0.15) is 39.3 Å². The monoisotopic (exact) mass is 555 g/mol. The highest BCUT2D eigenvalue weighted by molar-refractivity contribution is 7.89. The minimum atomic E-state index is -3.77. The highest BCUT2D eigenvalue weighted by Gasteiger charge is 2.42. The average Bonchev–Trinajstić information content (AvgIpc) is 3.49. The van der Waals surface area contributed by atoms with E-state index in [1.54, 1.807) is 23.1 Å². The van der Waals surface area contributed by atoms with Crippen molar-refractivity contribution in [1.82, 2.24) is 14.2 Å². The number of amides is 1. The Labute approximate surface area is 225 Å². The first-order valence-electron chi connectivity index (χ1n) is 11.6. The zero-order valence-electron chi connectivity index (χ0n) is 19.9. The summed E-state index contributed by atoms with van der Waals surface area (Å²) < 4.78 is 27.8. The summed E-state index contributed by atoms with van der Waals surface area (Å²) in [4.78, 5) is 20.3. The third-order valence-corrected chi connectivity index (χ3v) is 9.39. The van der Waals surface area contributed by atoms with Gasteiger partial charge in [-0.1, -0.05) is 29.3 Å². The van der Waals surface area contributed by atoms with Crippen molar-refractivity contribution in [3.63, 3.8) is 0 Å². The maximum Gasteiger partial charge on any atom is 0.257 e. The molecule has 0 bridgehead atoms.